The Balaban J connectivity index is 1.58. The number of aryl methyl sites for hydroxylation is 1. The maximum absolute atomic E-state index is 13.5. The van der Waals surface area contributed by atoms with Crippen molar-refractivity contribution in [3.63, 3.8) is 0 Å². The second kappa shape index (κ2) is 8.94. The third-order valence-electron chi connectivity index (χ3n) is 5.73. The number of carbonyl (C=O) groups excluding carboxylic acids is 2. The monoisotopic (exact) mass is 434 g/mol. The fraction of sp³-hybridized carbons (Fsp3) is 0.320. The Morgan fingerprint density at radius 3 is 2.34 bits per heavy atom. The summed E-state index contributed by atoms with van der Waals surface area (Å²) in [6.07, 6.45) is 0. The van der Waals surface area contributed by atoms with E-state index in [4.69, 9.17) is 0 Å². The highest BCUT2D eigenvalue weighted by Crippen LogP contribution is 2.26. The van der Waals surface area contributed by atoms with Gasteiger partial charge in [0.1, 0.15) is 5.82 Å². The molecule has 0 bridgehead atoms. The summed E-state index contributed by atoms with van der Waals surface area (Å²) in [4.78, 5) is 34.3. The molecule has 3 aromatic rings. The number of fused-ring (bicyclic) bond motifs is 1. The number of halogens is 1. The van der Waals surface area contributed by atoms with E-state index in [0.29, 0.717) is 42.9 Å². The molecule has 0 spiro atoms. The van der Waals surface area contributed by atoms with Crippen molar-refractivity contribution in [2.24, 2.45) is 5.92 Å². The lowest BCUT2D eigenvalue weighted by Crippen LogP contribution is -2.48. The van der Waals surface area contributed by atoms with Crippen LogP contribution in [0.3, 0.4) is 0 Å². The van der Waals surface area contributed by atoms with Crippen molar-refractivity contribution >= 4 is 34.1 Å². The second-order valence-corrected chi connectivity index (χ2v) is 8.44. The zero-order chi connectivity index (χ0) is 22.8. The molecule has 166 valence electrons. The number of piperazine rings is 1. The van der Waals surface area contributed by atoms with Crippen molar-refractivity contribution in [2.75, 3.05) is 36.4 Å². The van der Waals surface area contributed by atoms with Gasteiger partial charge in [-0.1, -0.05) is 19.9 Å². The SMILES string of the molecule is Cc1ccc2c(C(=O)N3CCN(c4ccc(F)cc4)CC3)cc(NC(=O)C(C)C)cc2n1. The minimum Gasteiger partial charge on any atom is -0.368 e. The largest absolute Gasteiger partial charge is 0.368 e. The quantitative estimate of drug-likeness (QED) is 0.667. The van der Waals surface area contributed by atoms with E-state index >= 15 is 0 Å². The molecule has 32 heavy (non-hydrogen) atoms. The Bertz CT molecular complexity index is 1150. The van der Waals surface area contributed by atoms with Crippen LogP contribution >= 0.6 is 0 Å². The molecular formula is C25H27FN4O2. The topological polar surface area (TPSA) is 65.5 Å². The lowest BCUT2D eigenvalue weighted by molar-refractivity contribution is -0.118. The Hall–Kier alpha value is -3.48. The number of aromatic nitrogens is 1. The van der Waals surface area contributed by atoms with Crippen LogP contribution in [0.5, 0.6) is 0 Å². The molecular weight excluding hydrogens is 407 g/mol. The van der Waals surface area contributed by atoms with E-state index in [1.54, 1.807) is 18.2 Å². The van der Waals surface area contributed by atoms with E-state index < -0.39 is 0 Å². The van der Waals surface area contributed by atoms with Crippen LogP contribution in [0.25, 0.3) is 10.9 Å². The van der Waals surface area contributed by atoms with Gasteiger partial charge in [-0.2, -0.15) is 0 Å². The van der Waals surface area contributed by atoms with Gasteiger partial charge in [-0.05, 0) is 49.4 Å². The first-order valence-corrected chi connectivity index (χ1v) is 10.8. The van der Waals surface area contributed by atoms with E-state index in [1.165, 1.54) is 12.1 Å². The van der Waals surface area contributed by atoms with Gasteiger partial charge in [0, 0.05) is 54.6 Å². The third kappa shape index (κ3) is 4.56. The molecule has 1 aliphatic rings. The van der Waals surface area contributed by atoms with Crippen molar-refractivity contribution in [1.29, 1.82) is 0 Å². The number of benzene rings is 2. The molecule has 6 nitrogen and oxygen atoms in total. The maximum Gasteiger partial charge on any atom is 0.254 e. The Morgan fingerprint density at radius 1 is 1.00 bits per heavy atom. The molecule has 1 saturated heterocycles. The average molecular weight is 435 g/mol. The summed E-state index contributed by atoms with van der Waals surface area (Å²) in [5.74, 6) is -0.624. The molecule has 1 fully saturated rings. The Kier molecular flexibility index (Phi) is 6.08. The number of hydrogen-bond donors (Lipinski definition) is 1. The van der Waals surface area contributed by atoms with E-state index in [2.05, 4.69) is 15.2 Å². The van der Waals surface area contributed by atoms with Gasteiger partial charge in [-0.15, -0.1) is 0 Å². The molecule has 2 aromatic carbocycles. The normalized spacial score (nSPS) is 14.2. The number of nitrogens with zero attached hydrogens (tertiary/aromatic N) is 3. The van der Waals surface area contributed by atoms with Crippen LogP contribution in [-0.4, -0.2) is 47.9 Å². The second-order valence-electron chi connectivity index (χ2n) is 8.44. The van der Waals surface area contributed by atoms with Crippen molar-refractivity contribution in [3.05, 3.63) is 65.6 Å². The molecule has 4 rings (SSSR count). The summed E-state index contributed by atoms with van der Waals surface area (Å²) < 4.78 is 13.2. The minimum absolute atomic E-state index is 0.0833. The molecule has 0 unspecified atom stereocenters. The van der Waals surface area contributed by atoms with Crippen LogP contribution < -0.4 is 10.2 Å². The summed E-state index contributed by atoms with van der Waals surface area (Å²) in [5, 5.41) is 3.66. The number of carbonyl (C=O) groups is 2. The summed E-state index contributed by atoms with van der Waals surface area (Å²) >= 11 is 0. The van der Waals surface area contributed by atoms with Gasteiger partial charge in [0.15, 0.2) is 0 Å². The number of amides is 2. The first-order valence-electron chi connectivity index (χ1n) is 10.8. The number of nitrogens with one attached hydrogen (secondary N) is 1. The molecule has 0 radical (unpaired) electrons. The van der Waals surface area contributed by atoms with Crippen LogP contribution in [0, 0.1) is 18.7 Å². The average Bonchev–Trinajstić information content (AvgIpc) is 2.78. The van der Waals surface area contributed by atoms with Crippen LogP contribution in [0.2, 0.25) is 0 Å². The predicted molar refractivity (Wildman–Crippen MR) is 124 cm³/mol. The zero-order valence-electron chi connectivity index (χ0n) is 18.6. The van der Waals surface area contributed by atoms with Gasteiger partial charge in [0.05, 0.1) is 11.1 Å². The molecule has 7 heteroatoms. The smallest absolute Gasteiger partial charge is 0.254 e. The van der Waals surface area contributed by atoms with Crippen LogP contribution in [0.1, 0.15) is 29.9 Å². The van der Waals surface area contributed by atoms with Crippen LogP contribution in [0.4, 0.5) is 15.8 Å². The minimum atomic E-state index is -0.261. The number of hydrogen-bond acceptors (Lipinski definition) is 4. The van der Waals surface area contributed by atoms with Gasteiger partial charge in [-0.25, -0.2) is 4.39 Å². The molecule has 2 heterocycles. The van der Waals surface area contributed by atoms with E-state index in [1.807, 2.05) is 43.9 Å². The predicted octanol–water partition coefficient (Wildman–Crippen LogP) is 4.24. The van der Waals surface area contributed by atoms with Gasteiger partial charge in [0.25, 0.3) is 5.91 Å². The molecule has 1 N–H and O–H groups in total. The van der Waals surface area contributed by atoms with Crippen molar-refractivity contribution in [2.45, 2.75) is 20.8 Å². The van der Waals surface area contributed by atoms with Crippen LogP contribution in [0.15, 0.2) is 48.5 Å². The lowest BCUT2D eigenvalue weighted by Gasteiger charge is -2.36. The fourth-order valence-electron chi connectivity index (χ4n) is 3.86. The molecule has 0 aliphatic carbocycles. The standard InChI is InChI=1S/C25H27FN4O2/c1-16(2)24(31)28-19-14-22(21-9-4-17(3)27-23(21)15-19)25(32)30-12-10-29(11-13-30)20-7-5-18(26)6-8-20/h4-9,14-16H,10-13H2,1-3H3,(H,28,31). The highest BCUT2D eigenvalue weighted by Gasteiger charge is 2.24. The first-order chi connectivity index (χ1) is 15.3. The summed E-state index contributed by atoms with van der Waals surface area (Å²) in [6.45, 7) is 7.98. The summed E-state index contributed by atoms with van der Waals surface area (Å²) in [7, 11) is 0. The Morgan fingerprint density at radius 2 is 1.69 bits per heavy atom. The summed E-state index contributed by atoms with van der Waals surface area (Å²) in [6, 6.07) is 13.8. The highest BCUT2D eigenvalue weighted by atomic mass is 19.1. The fourth-order valence-corrected chi connectivity index (χ4v) is 3.86. The Labute approximate surface area is 187 Å². The van der Waals surface area contributed by atoms with Gasteiger partial charge < -0.3 is 15.1 Å². The zero-order valence-corrected chi connectivity index (χ0v) is 18.6. The van der Waals surface area contributed by atoms with E-state index in [-0.39, 0.29) is 23.5 Å². The van der Waals surface area contributed by atoms with E-state index in [0.717, 1.165) is 16.8 Å². The van der Waals surface area contributed by atoms with Gasteiger partial charge in [0.2, 0.25) is 5.91 Å². The van der Waals surface area contributed by atoms with Gasteiger partial charge >= 0.3 is 0 Å². The molecule has 0 atom stereocenters. The molecule has 2 amide bonds. The van der Waals surface area contributed by atoms with Crippen LogP contribution in [-0.2, 0) is 4.79 Å². The van der Waals surface area contributed by atoms with Crippen molar-refractivity contribution < 1.29 is 14.0 Å². The third-order valence-corrected chi connectivity index (χ3v) is 5.73. The number of pyridine rings is 1. The number of rotatable bonds is 4. The number of anilines is 2. The highest BCUT2D eigenvalue weighted by molar-refractivity contribution is 6.08. The maximum atomic E-state index is 13.5. The van der Waals surface area contributed by atoms with Gasteiger partial charge in [-0.3, -0.25) is 14.6 Å². The molecule has 1 aromatic heterocycles. The lowest BCUT2D eigenvalue weighted by atomic mass is 10.0. The van der Waals surface area contributed by atoms with E-state index in [9.17, 15) is 14.0 Å². The van der Waals surface area contributed by atoms with Crippen molar-refractivity contribution in [1.82, 2.24) is 9.88 Å². The summed E-state index contributed by atoms with van der Waals surface area (Å²) in [5.41, 5.74) is 3.57. The molecule has 1 aliphatic heterocycles. The van der Waals surface area contributed by atoms with Crippen molar-refractivity contribution in [3.8, 4) is 0 Å². The molecule has 0 saturated carbocycles. The first kappa shape index (κ1) is 21.7.